The molecule has 1 aliphatic heterocycles. The number of ketones is 1. The van der Waals surface area contributed by atoms with Gasteiger partial charge in [-0.15, -0.1) is 0 Å². The molecule has 0 aromatic carbocycles. The van der Waals surface area contributed by atoms with Crippen molar-refractivity contribution in [1.29, 1.82) is 0 Å². The van der Waals surface area contributed by atoms with Crippen molar-refractivity contribution in [3.63, 3.8) is 0 Å². The standard InChI is InChI=1S/C30H38O8/c1-15(31)36-22-12-21-27(3,4)38-23-11-18(33)13-30(21,23)25-24(34)26(37-16(2)32)28(5)19(17-9-10-35-14-17)7-8-20(28)29(22,25)6/h8-10,14,19,21-26,34H,7,11-13H2,1-6H3. The normalized spacial score (nSPS) is 46.4. The third kappa shape index (κ3) is 3.07. The van der Waals surface area contributed by atoms with Gasteiger partial charge in [0.2, 0.25) is 0 Å². The van der Waals surface area contributed by atoms with Crippen molar-refractivity contribution in [3.8, 4) is 0 Å². The maximum atomic E-state index is 13.1. The van der Waals surface area contributed by atoms with Crippen LogP contribution in [0.5, 0.6) is 0 Å². The summed E-state index contributed by atoms with van der Waals surface area (Å²) >= 11 is 0. The molecule has 38 heavy (non-hydrogen) atoms. The topological polar surface area (TPSA) is 112 Å². The second-order valence-corrected chi connectivity index (χ2v) is 13.2. The lowest BCUT2D eigenvalue weighted by atomic mass is 9.38. The number of aliphatic hydroxyl groups excluding tert-OH is 1. The lowest BCUT2D eigenvalue weighted by Crippen LogP contribution is -2.71. The van der Waals surface area contributed by atoms with Gasteiger partial charge >= 0.3 is 11.9 Å². The van der Waals surface area contributed by atoms with Gasteiger partial charge in [-0.1, -0.05) is 25.5 Å². The fourth-order valence-electron chi connectivity index (χ4n) is 10.0. The Bertz CT molecular complexity index is 1210. The van der Waals surface area contributed by atoms with E-state index in [0.717, 1.165) is 11.1 Å². The van der Waals surface area contributed by atoms with Crippen LogP contribution in [-0.2, 0) is 28.6 Å². The lowest BCUT2D eigenvalue weighted by Gasteiger charge is -2.66. The summed E-state index contributed by atoms with van der Waals surface area (Å²) in [5.74, 6) is -1.51. The minimum Gasteiger partial charge on any atom is -0.472 e. The number of aliphatic hydroxyl groups is 1. The van der Waals surface area contributed by atoms with E-state index in [4.69, 9.17) is 18.6 Å². The number of carbonyl (C=O) groups excluding carboxylic acids is 3. The number of esters is 2. The van der Waals surface area contributed by atoms with Crippen LogP contribution in [0.2, 0.25) is 0 Å². The van der Waals surface area contributed by atoms with Crippen molar-refractivity contribution in [1.82, 2.24) is 0 Å². The van der Waals surface area contributed by atoms with Gasteiger partial charge in [0.15, 0.2) is 0 Å². The van der Waals surface area contributed by atoms with Gasteiger partial charge in [0.1, 0.15) is 18.0 Å². The molecule has 0 radical (unpaired) electrons. The minimum absolute atomic E-state index is 0.112. The highest BCUT2D eigenvalue weighted by Crippen LogP contribution is 2.76. The average molecular weight is 527 g/mol. The molecular formula is C30H38O8. The quantitative estimate of drug-likeness (QED) is 0.463. The number of rotatable bonds is 3. The summed E-state index contributed by atoms with van der Waals surface area (Å²) in [6.07, 6.45) is 4.42. The van der Waals surface area contributed by atoms with Crippen molar-refractivity contribution in [2.24, 2.45) is 28.1 Å². The summed E-state index contributed by atoms with van der Waals surface area (Å²) in [5, 5.41) is 12.5. The van der Waals surface area contributed by atoms with E-state index in [-0.39, 0.29) is 36.1 Å². The largest absolute Gasteiger partial charge is 0.472 e. The van der Waals surface area contributed by atoms with Crippen LogP contribution in [0.25, 0.3) is 0 Å². The molecule has 1 aromatic rings. The first kappa shape index (κ1) is 25.8. The van der Waals surface area contributed by atoms with Gasteiger partial charge in [-0.3, -0.25) is 14.4 Å². The molecule has 8 heteroatoms. The van der Waals surface area contributed by atoms with Crippen molar-refractivity contribution < 1.29 is 38.1 Å². The van der Waals surface area contributed by atoms with E-state index in [1.165, 1.54) is 13.8 Å². The van der Waals surface area contributed by atoms with Crippen LogP contribution in [-0.4, -0.2) is 52.8 Å². The highest BCUT2D eigenvalue weighted by atomic mass is 16.6. The number of ether oxygens (including phenoxy) is 3. The van der Waals surface area contributed by atoms with Crippen LogP contribution in [0.15, 0.2) is 34.7 Å². The smallest absolute Gasteiger partial charge is 0.303 e. The lowest BCUT2D eigenvalue weighted by molar-refractivity contribution is -0.239. The fraction of sp³-hybridized carbons (Fsp3) is 0.700. The highest BCUT2D eigenvalue weighted by Gasteiger charge is 2.79. The zero-order valence-corrected chi connectivity index (χ0v) is 23.0. The molecule has 2 heterocycles. The molecule has 1 spiro atoms. The van der Waals surface area contributed by atoms with E-state index in [1.54, 1.807) is 12.5 Å². The van der Waals surface area contributed by atoms with E-state index in [9.17, 15) is 19.5 Å². The Hall–Kier alpha value is -2.45. The highest BCUT2D eigenvalue weighted by molar-refractivity contribution is 5.83. The molecular weight excluding hydrogens is 488 g/mol. The Morgan fingerprint density at radius 2 is 1.79 bits per heavy atom. The molecule has 206 valence electrons. The molecule has 3 saturated carbocycles. The molecule has 4 fully saturated rings. The fourth-order valence-corrected chi connectivity index (χ4v) is 10.0. The summed E-state index contributed by atoms with van der Waals surface area (Å²) in [4.78, 5) is 38.1. The second-order valence-electron chi connectivity index (χ2n) is 13.2. The van der Waals surface area contributed by atoms with Crippen molar-refractivity contribution >= 4 is 17.7 Å². The number of fused-ring (bicyclic) bond motifs is 3. The van der Waals surface area contributed by atoms with Crippen molar-refractivity contribution in [2.45, 2.75) is 103 Å². The third-order valence-corrected chi connectivity index (χ3v) is 11.0. The summed E-state index contributed by atoms with van der Waals surface area (Å²) in [7, 11) is 0. The number of carbonyl (C=O) groups is 3. The Balaban J connectivity index is 1.60. The van der Waals surface area contributed by atoms with Crippen molar-refractivity contribution in [3.05, 3.63) is 35.8 Å². The van der Waals surface area contributed by atoms with Crippen LogP contribution in [0.1, 0.15) is 78.7 Å². The van der Waals surface area contributed by atoms with Gasteiger partial charge < -0.3 is 23.7 Å². The molecule has 0 amide bonds. The van der Waals surface area contributed by atoms with Crippen LogP contribution in [0.4, 0.5) is 0 Å². The van der Waals surface area contributed by atoms with E-state index >= 15 is 0 Å². The van der Waals surface area contributed by atoms with E-state index in [2.05, 4.69) is 13.0 Å². The first-order chi connectivity index (χ1) is 17.8. The van der Waals surface area contributed by atoms with Gasteiger partial charge in [0.05, 0.1) is 30.3 Å². The van der Waals surface area contributed by atoms with E-state index in [1.807, 2.05) is 26.8 Å². The van der Waals surface area contributed by atoms with Gasteiger partial charge in [0.25, 0.3) is 0 Å². The predicted octanol–water partition coefficient (Wildman–Crippen LogP) is 4.11. The molecule has 1 aromatic heterocycles. The van der Waals surface area contributed by atoms with Crippen molar-refractivity contribution in [2.75, 3.05) is 0 Å². The Morgan fingerprint density at radius 3 is 2.42 bits per heavy atom. The predicted molar refractivity (Wildman–Crippen MR) is 135 cm³/mol. The molecule has 10 atom stereocenters. The number of hydrogen-bond donors (Lipinski definition) is 1. The summed E-state index contributed by atoms with van der Waals surface area (Å²) in [6, 6.07) is 1.91. The second kappa shape index (κ2) is 8.04. The van der Waals surface area contributed by atoms with E-state index < -0.39 is 52.0 Å². The van der Waals surface area contributed by atoms with Crippen LogP contribution < -0.4 is 0 Å². The maximum Gasteiger partial charge on any atom is 0.303 e. The molecule has 0 bridgehead atoms. The SMILES string of the molecule is CC(=O)OC1CC2C(C)(C)OC3CC(=O)CC32C2C(O)C(OC(C)=O)C3(C)C(=CCC3c3ccoc3)C12C. The number of furan rings is 1. The Morgan fingerprint density at radius 1 is 1.08 bits per heavy atom. The summed E-state index contributed by atoms with van der Waals surface area (Å²) in [5.41, 5.74) is -0.862. The molecule has 8 nitrogen and oxygen atoms in total. The molecule has 6 rings (SSSR count). The van der Waals surface area contributed by atoms with Crippen LogP contribution in [0.3, 0.4) is 0 Å². The van der Waals surface area contributed by atoms with E-state index in [0.29, 0.717) is 19.3 Å². The number of allylic oxidation sites excluding steroid dienone is 1. The van der Waals surface area contributed by atoms with Crippen LogP contribution >= 0.6 is 0 Å². The average Bonchev–Trinajstić information content (AvgIpc) is 3.54. The first-order valence-electron chi connectivity index (χ1n) is 13.7. The molecule has 1 saturated heterocycles. The zero-order valence-electron chi connectivity index (χ0n) is 23.0. The zero-order chi connectivity index (χ0) is 27.4. The molecule has 5 aliphatic rings. The van der Waals surface area contributed by atoms with Gasteiger partial charge in [-0.2, -0.15) is 0 Å². The van der Waals surface area contributed by atoms with Crippen LogP contribution in [0, 0.1) is 28.1 Å². The Kier molecular flexibility index (Phi) is 5.46. The molecule has 1 N–H and O–H groups in total. The summed E-state index contributed by atoms with van der Waals surface area (Å²) in [6.45, 7) is 11.0. The van der Waals surface area contributed by atoms with Gasteiger partial charge in [0, 0.05) is 54.8 Å². The molecule has 4 aliphatic carbocycles. The number of Topliss-reactive ketones (excluding diaryl/α,β-unsaturated/α-hetero) is 1. The van der Waals surface area contributed by atoms with Gasteiger partial charge in [-0.05, 0) is 44.2 Å². The maximum absolute atomic E-state index is 13.1. The Labute approximate surface area is 223 Å². The summed E-state index contributed by atoms with van der Waals surface area (Å²) < 4.78 is 24.2. The molecule has 10 unspecified atom stereocenters. The monoisotopic (exact) mass is 526 g/mol. The third-order valence-electron chi connectivity index (χ3n) is 11.0. The first-order valence-corrected chi connectivity index (χ1v) is 13.7. The minimum atomic E-state index is -1.11. The van der Waals surface area contributed by atoms with Gasteiger partial charge in [-0.25, -0.2) is 0 Å². The number of hydrogen-bond acceptors (Lipinski definition) is 8.